The SMILES string of the molecule is O=C(NCCn1cnc(C(=O)O)c1)NCc1cccs1. The minimum Gasteiger partial charge on any atom is -0.476 e. The molecule has 0 saturated heterocycles. The zero-order valence-electron chi connectivity index (χ0n) is 10.6. The van der Waals surface area contributed by atoms with Gasteiger partial charge in [-0.25, -0.2) is 14.6 Å². The Hall–Kier alpha value is -2.35. The summed E-state index contributed by atoms with van der Waals surface area (Å²) in [7, 11) is 0. The van der Waals surface area contributed by atoms with E-state index in [9.17, 15) is 9.59 Å². The average molecular weight is 294 g/mol. The molecule has 3 N–H and O–H groups in total. The van der Waals surface area contributed by atoms with Crippen LogP contribution in [0.25, 0.3) is 0 Å². The molecule has 0 spiro atoms. The summed E-state index contributed by atoms with van der Waals surface area (Å²) in [6.07, 6.45) is 2.85. The lowest BCUT2D eigenvalue weighted by atomic mass is 10.5. The van der Waals surface area contributed by atoms with Crippen LogP contribution in [-0.2, 0) is 13.1 Å². The number of carbonyl (C=O) groups excluding carboxylic acids is 1. The van der Waals surface area contributed by atoms with Gasteiger partial charge in [-0.1, -0.05) is 6.07 Å². The lowest BCUT2D eigenvalue weighted by Gasteiger charge is -2.07. The highest BCUT2D eigenvalue weighted by molar-refractivity contribution is 7.09. The highest BCUT2D eigenvalue weighted by Gasteiger charge is 2.06. The van der Waals surface area contributed by atoms with Crippen LogP contribution in [0.4, 0.5) is 4.79 Å². The van der Waals surface area contributed by atoms with E-state index in [2.05, 4.69) is 15.6 Å². The lowest BCUT2D eigenvalue weighted by molar-refractivity contribution is 0.0691. The molecule has 106 valence electrons. The van der Waals surface area contributed by atoms with Gasteiger partial charge in [-0.05, 0) is 11.4 Å². The smallest absolute Gasteiger partial charge is 0.356 e. The van der Waals surface area contributed by atoms with Crippen molar-refractivity contribution in [3.63, 3.8) is 0 Å². The number of aromatic nitrogens is 2. The molecule has 2 rings (SSSR count). The first-order valence-corrected chi connectivity index (χ1v) is 6.82. The third-order valence-electron chi connectivity index (χ3n) is 2.51. The molecule has 0 atom stereocenters. The van der Waals surface area contributed by atoms with E-state index in [0.717, 1.165) is 4.88 Å². The Morgan fingerprint density at radius 3 is 2.90 bits per heavy atom. The first-order valence-electron chi connectivity index (χ1n) is 5.94. The third-order valence-corrected chi connectivity index (χ3v) is 3.39. The molecule has 20 heavy (non-hydrogen) atoms. The van der Waals surface area contributed by atoms with Gasteiger partial charge in [0.25, 0.3) is 0 Å². The van der Waals surface area contributed by atoms with Gasteiger partial charge in [0.2, 0.25) is 0 Å². The minimum absolute atomic E-state index is 0.00727. The van der Waals surface area contributed by atoms with Crippen molar-refractivity contribution in [1.29, 1.82) is 0 Å². The minimum atomic E-state index is -1.06. The Labute approximate surface area is 119 Å². The van der Waals surface area contributed by atoms with Crippen LogP contribution in [0.3, 0.4) is 0 Å². The number of aromatic carboxylic acids is 1. The van der Waals surface area contributed by atoms with Crippen molar-refractivity contribution in [2.75, 3.05) is 6.54 Å². The van der Waals surface area contributed by atoms with Crippen molar-refractivity contribution in [1.82, 2.24) is 20.2 Å². The highest BCUT2D eigenvalue weighted by Crippen LogP contribution is 2.06. The quantitative estimate of drug-likeness (QED) is 0.744. The zero-order chi connectivity index (χ0) is 14.4. The average Bonchev–Trinajstić information content (AvgIpc) is 3.07. The van der Waals surface area contributed by atoms with Crippen molar-refractivity contribution in [3.8, 4) is 0 Å². The maximum absolute atomic E-state index is 11.5. The van der Waals surface area contributed by atoms with Gasteiger partial charge in [0, 0.05) is 24.2 Å². The van der Waals surface area contributed by atoms with E-state index in [-0.39, 0.29) is 11.7 Å². The van der Waals surface area contributed by atoms with Crippen LogP contribution in [0.15, 0.2) is 30.0 Å². The van der Waals surface area contributed by atoms with Gasteiger partial charge in [-0.3, -0.25) is 0 Å². The van der Waals surface area contributed by atoms with E-state index >= 15 is 0 Å². The molecule has 0 fully saturated rings. The number of rotatable bonds is 6. The second-order valence-electron chi connectivity index (χ2n) is 3.99. The normalized spacial score (nSPS) is 10.2. The number of carboxylic acids is 1. The topological polar surface area (TPSA) is 96.2 Å². The van der Waals surface area contributed by atoms with Crippen LogP contribution < -0.4 is 10.6 Å². The number of hydrogen-bond donors (Lipinski definition) is 3. The Kier molecular flexibility index (Phi) is 4.72. The predicted octanol–water partition coefficient (Wildman–Crippen LogP) is 1.14. The number of thiophene rings is 1. The van der Waals surface area contributed by atoms with E-state index in [1.54, 1.807) is 15.9 Å². The molecule has 7 nitrogen and oxygen atoms in total. The zero-order valence-corrected chi connectivity index (χ0v) is 11.4. The molecule has 0 radical (unpaired) electrons. The number of nitrogens with zero attached hydrogens (tertiary/aromatic N) is 2. The second-order valence-corrected chi connectivity index (χ2v) is 5.02. The van der Waals surface area contributed by atoms with Crippen molar-refractivity contribution >= 4 is 23.3 Å². The van der Waals surface area contributed by atoms with Crippen molar-refractivity contribution < 1.29 is 14.7 Å². The number of amides is 2. The van der Waals surface area contributed by atoms with E-state index in [1.807, 2.05) is 17.5 Å². The molecule has 0 aliphatic rings. The number of nitrogens with one attached hydrogen (secondary N) is 2. The number of imidazole rings is 1. The fourth-order valence-corrected chi connectivity index (χ4v) is 2.18. The molecule has 0 aliphatic heterocycles. The molecule has 2 heterocycles. The summed E-state index contributed by atoms with van der Waals surface area (Å²) in [5.74, 6) is -1.06. The molecule has 2 aromatic rings. The number of hydrogen-bond acceptors (Lipinski definition) is 4. The monoisotopic (exact) mass is 294 g/mol. The lowest BCUT2D eigenvalue weighted by Crippen LogP contribution is -2.36. The predicted molar refractivity (Wildman–Crippen MR) is 73.7 cm³/mol. The van der Waals surface area contributed by atoms with Crippen LogP contribution in [-0.4, -0.2) is 33.2 Å². The van der Waals surface area contributed by atoms with Crippen LogP contribution in [0, 0.1) is 0 Å². The Morgan fingerprint density at radius 2 is 2.25 bits per heavy atom. The Balaban J connectivity index is 1.67. The van der Waals surface area contributed by atoms with Gasteiger partial charge < -0.3 is 20.3 Å². The van der Waals surface area contributed by atoms with Gasteiger partial charge in [0.15, 0.2) is 5.69 Å². The maximum atomic E-state index is 11.5. The van der Waals surface area contributed by atoms with Gasteiger partial charge >= 0.3 is 12.0 Å². The number of carbonyl (C=O) groups is 2. The highest BCUT2D eigenvalue weighted by atomic mass is 32.1. The van der Waals surface area contributed by atoms with Crippen LogP contribution in [0.1, 0.15) is 15.4 Å². The molecule has 0 aliphatic carbocycles. The van der Waals surface area contributed by atoms with E-state index in [1.165, 1.54) is 12.5 Å². The molecular weight excluding hydrogens is 280 g/mol. The van der Waals surface area contributed by atoms with Gasteiger partial charge in [-0.2, -0.15) is 0 Å². The largest absolute Gasteiger partial charge is 0.476 e. The van der Waals surface area contributed by atoms with E-state index in [4.69, 9.17) is 5.11 Å². The van der Waals surface area contributed by atoms with Crippen molar-refractivity contribution in [2.24, 2.45) is 0 Å². The molecule has 2 aromatic heterocycles. The summed E-state index contributed by atoms with van der Waals surface area (Å²) in [5, 5.41) is 16.1. The van der Waals surface area contributed by atoms with Crippen LogP contribution in [0.2, 0.25) is 0 Å². The fraction of sp³-hybridized carbons (Fsp3) is 0.250. The van der Waals surface area contributed by atoms with Gasteiger partial charge in [0.1, 0.15) is 0 Å². The summed E-state index contributed by atoms with van der Waals surface area (Å²) in [4.78, 5) is 26.9. The van der Waals surface area contributed by atoms with Crippen molar-refractivity contribution in [2.45, 2.75) is 13.1 Å². The molecular formula is C12H14N4O3S. The fourth-order valence-electron chi connectivity index (χ4n) is 1.53. The molecule has 0 aromatic carbocycles. The summed E-state index contributed by atoms with van der Waals surface area (Å²) in [6.45, 7) is 1.36. The third kappa shape index (κ3) is 4.09. The Bertz CT molecular complexity index is 579. The summed E-state index contributed by atoms with van der Waals surface area (Å²) in [5.41, 5.74) is -0.00727. The van der Waals surface area contributed by atoms with Crippen LogP contribution >= 0.6 is 11.3 Å². The molecule has 2 amide bonds. The maximum Gasteiger partial charge on any atom is 0.356 e. The molecule has 0 unspecified atom stereocenters. The van der Waals surface area contributed by atoms with E-state index in [0.29, 0.717) is 19.6 Å². The van der Waals surface area contributed by atoms with Crippen molar-refractivity contribution in [3.05, 3.63) is 40.6 Å². The van der Waals surface area contributed by atoms with Gasteiger partial charge in [-0.15, -0.1) is 11.3 Å². The number of urea groups is 1. The second kappa shape index (κ2) is 6.71. The standard InChI is InChI=1S/C12H14N4O3S/c17-11(18)10-7-16(8-15-10)4-3-13-12(19)14-6-9-2-1-5-20-9/h1-2,5,7-8H,3-4,6H2,(H,17,18)(H2,13,14,19). The first-order chi connectivity index (χ1) is 9.65. The summed E-state index contributed by atoms with van der Waals surface area (Å²) < 4.78 is 1.61. The molecule has 0 saturated carbocycles. The summed E-state index contributed by atoms with van der Waals surface area (Å²) in [6, 6.07) is 3.62. The first kappa shape index (κ1) is 14.1. The summed E-state index contributed by atoms with van der Waals surface area (Å²) >= 11 is 1.58. The number of carboxylic acid groups (broad SMARTS) is 1. The Morgan fingerprint density at radius 1 is 1.40 bits per heavy atom. The molecule has 8 heteroatoms. The van der Waals surface area contributed by atoms with Gasteiger partial charge in [0.05, 0.1) is 12.9 Å². The van der Waals surface area contributed by atoms with E-state index < -0.39 is 5.97 Å². The molecule has 0 bridgehead atoms. The van der Waals surface area contributed by atoms with Crippen LogP contribution in [0.5, 0.6) is 0 Å².